The number of aryl methyl sites for hydroxylation is 2. The highest BCUT2D eigenvalue weighted by Gasteiger charge is 2.17. The Kier molecular flexibility index (Phi) is 4.65. The lowest BCUT2D eigenvalue weighted by molar-refractivity contribution is 0.0947. The maximum absolute atomic E-state index is 13.1. The van der Waals surface area contributed by atoms with Crippen molar-refractivity contribution in [3.63, 3.8) is 0 Å². The Bertz CT molecular complexity index is 1050. The number of benzene rings is 1. The van der Waals surface area contributed by atoms with Crippen LogP contribution in [0.25, 0.3) is 5.95 Å². The summed E-state index contributed by atoms with van der Waals surface area (Å²) in [6.45, 7) is 3.20. The number of nitrogens with one attached hydrogen (secondary N) is 2. The molecule has 2 heterocycles. The van der Waals surface area contributed by atoms with Crippen LogP contribution in [0.4, 0.5) is 4.39 Å². The van der Waals surface area contributed by atoms with E-state index in [0.29, 0.717) is 11.3 Å². The first-order chi connectivity index (χ1) is 12.4. The van der Waals surface area contributed by atoms with Crippen molar-refractivity contribution in [3.05, 3.63) is 69.1 Å². The molecule has 9 nitrogen and oxygen atoms in total. The minimum atomic E-state index is -0.582. The zero-order valence-corrected chi connectivity index (χ0v) is 13.9. The lowest BCUT2D eigenvalue weighted by atomic mass is 10.2. The van der Waals surface area contributed by atoms with Gasteiger partial charge in [-0.1, -0.05) is 12.1 Å². The number of nitrogens with zero attached hydrogens (tertiary/aromatic N) is 5. The number of carbonyl (C=O) groups excluding carboxylic acids is 1. The van der Waals surface area contributed by atoms with E-state index in [1.807, 2.05) is 0 Å². The Morgan fingerprint density at radius 3 is 2.85 bits per heavy atom. The van der Waals surface area contributed by atoms with Crippen LogP contribution >= 0.6 is 0 Å². The molecule has 1 aromatic carbocycles. The van der Waals surface area contributed by atoms with Gasteiger partial charge in [0.25, 0.3) is 17.4 Å². The number of hydrazone groups is 1. The minimum absolute atomic E-state index is 0.00737. The molecule has 3 aromatic rings. The predicted octanol–water partition coefficient (Wildman–Crippen LogP) is 0.870. The molecule has 2 aromatic heterocycles. The summed E-state index contributed by atoms with van der Waals surface area (Å²) >= 11 is 0. The van der Waals surface area contributed by atoms with Crippen LogP contribution in [0.3, 0.4) is 0 Å². The third-order valence-corrected chi connectivity index (χ3v) is 3.34. The number of amides is 1. The van der Waals surface area contributed by atoms with Gasteiger partial charge in [-0.25, -0.2) is 9.82 Å². The van der Waals surface area contributed by atoms with Crippen LogP contribution in [0.15, 0.2) is 40.2 Å². The standard InChI is InChI=1S/C16H14FN7O2/c1-9-6-13(24(23-9)16-19-14(25)10(2)20-22-16)15(26)21-18-8-11-4-3-5-12(17)7-11/h3-8H,1-2H3,(H,21,26)(H,19,22,25)/b18-8-. The number of aromatic nitrogens is 5. The van der Waals surface area contributed by atoms with Gasteiger partial charge >= 0.3 is 0 Å². The molecule has 0 spiro atoms. The van der Waals surface area contributed by atoms with E-state index in [0.717, 1.165) is 4.68 Å². The van der Waals surface area contributed by atoms with Crippen molar-refractivity contribution in [2.24, 2.45) is 5.10 Å². The molecule has 0 aliphatic rings. The van der Waals surface area contributed by atoms with Crippen LogP contribution in [-0.2, 0) is 0 Å². The Labute approximate surface area is 146 Å². The lowest BCUT2D eigenvalue weighted by Crippen LogP contribution is -2.24. The van der Waals surface area contributed by atoms with Crippen molar-refractivity contribution in [1.29, 1.82) is 0 Å². The number of hydrogen-bond donors (Lipinski definition) is 2. The van der Waals surface area contributed by atoms with Gasteiger partial charge < -0.3 is 0 Å². The topological polar surface area (TPSA) is 118 Å². The van der Waals surface area contributed by atoms with Crippen LogP contribution in [0.5, 0.6) is 0 Å². The van der Waals surface area contributed by atoms with Gasteiger partial charge in [-0.05, 0) is 37.6 Å². The van der Waals surface area contributed by atoms with Crippen LogP contribution in [0, 0.1) is 19.7 Å². The van der Waals surface area contributed by atoms with Gasteiger partial charge in [-0.15, -0.1) is 10.2 Å². The molecule has 3 rings (SSSR count). The Hall–Kier alpha value is -3.69. The SMILES string of the molecule is Cc1cc(C(=O)N/N=C\c2cccc(F)c2)n(-c2nnc(C)c(=O)[nH]2)n1. The molecule has 0 atom stereocenters. The van der Waals surface area contributed by atoms with E-state index in [1.54, 1.807) is 13.0 Å². The van der Waals surface area contributed by atoms with E-state index >= 15 is 0 Å². The summed E-state index contributed by atoms with van der Waals surface area (Å²) in [4.78, 5) is 26.6. The Morgan fingerprint density at radius 2 is 2.12 bits per heavy atom. The maximum Gasteiger partial charge on any atom is 0.290 e. The van der Waals surface area contributed by atoms with E-state index in [4.69, 9.17) is 0 Å². The lowest BCUT2D eigenvalue weighted by Gasteiger charge is -2.04. The van der Waals surface area contributed by atoms with Gasteiger partial charge in [-0.2, -0.15) is 14.9 Å². The number of rotatable bonds is 4. The summed E-state index contributed by atoms with van der Waals surface area (Å²) in [5.41, 5.74) is 3.22. The molecule has 2 N–H and O–H groups in total. The fourth-order valence-electron chi connectivity index (χ4n) is 2.11. The zero-order chi connectivity index (χ0) is 18.7. The molecule has 132 valence electrons. The quantitative estimate of drug-likeness (QED) is 0.532. The molecule has 26 heavy (non-hydrogen) atoms. The summed E-state index contributed by atoms with van der Waals surface area (Å²) in [6, 6.07) is 7.26. The highest BCUT2D eigenvalue weighted by molar-refractivity contribution is 5.93. The number of carbonyl (C=O) groups is 1. The number of H-pyrrole nitrogens is 1. The summed E-state index contributed by atoms with van der Waals surface area (Å²) in [5.74, 6) is -0.981. The largest absolute Gasteiger partial charge is 0.290 e. The van der Waals surface area contributed by atoms with Crippen molar-refractivity contribution in [2.75, 3.05) is 0 Å². The van der Waals surface area contributed by atoms with E-state index in [1.165, 1.54) is 37.4 Å². The second kappa shape index (κ2) is 7.05. The monoisotopic (exact) mass is 355 g/mol. The van der Waals surface area contributed by atoms with Crippen molar-refractivity contribution in [1.82, 2.24) is 30.4 Å². The zero-order valence-electron chi connectivity index (χ0n) is 13.9. The molecule has 0 radical (unpaired) electrons. The Balaban J connectivity index is 1.84. The molecule has 0 fully saturated rings. The van der Waals surface area contributed by atoms with E-state index < -0.39 is 17.3 Å². The number of halogens is 1. The second-order valence-electron chi connectivity index (χ2n) is 5.40. The van der Waals surface area contributed by atoms with Crippen molar-refractivity contribution >= 4 is 12.1 Å². The molecular formula is C16H14FN7O2. The van der Waals surface area contributed by atoms with Crippen LogP contribution < -0.4 is 11.0 Å². The molecule has 1 amide bonds. The molecule has 10 heteroatoms. The minimum Gasteiger partial charge on any atom is -0.288 e. The van der Waals surface area contributed by atoms with Gasteiger partial charge in [0.05, 0.1) is 11.9 Å². The number of hydrogen-bond acceptors (Lipinski definition) is 6. The average molecular weight is 355 g/mol. The number of aromatic amines is 1. The van der Waals surface area contributed by atoms with Crippen LogP contribution in [0.2, 0.25) is 0 Å². The highest BCUT2D eigenvalue weighted by Crippen LogP contribution is 2.08. The molecule has 0 aliphatic heterocycles. The van der Waals surface area contributed by atoms with Crippen molar-refractivity contribution in [3.8, 4) is 5.95 Å². The van der Waals surface area contributed by atoms with Crippen LogP contribution in [0.1, 0.15) is 27.4 Å². The molecule has 0 unspecified atom stereocenters. The average Bonchev–Trinajstić information content (AvgIpc) is 2.99. The second-order valence-corrected chi connectivity index (χ2v) is 5.40. The first kappa shape index (κ1) is 17.1. The predicted molar refractivity (Wildman–Crippen MR) is 90.7 cm³/mol. The summed E-state index contributed by atoms with van der Waals surface area (Å²) in [5, 5.41) is 15.5. The van der Waals surface area contributed by atoms with Crippen molar-refractivity contribution in [2.45, 2.75) is 13.8 Å². The molecule has 0 aliphatic carbocycles. The van der Waals surface area contributed by atoms with E-state index in [9.17, 15) is 14.0 Å². The van der Waals surface area contributed by atoms with Crippen LogP contribution in [-0.4, -0.2) is 37.1 Å². The summed E-state index contributed by atoms with van der Waals surface area (Å²) in [6.07, 6.45) is 1.31. The normalized spacial score (nSPS) is 11.0. The first-order valence-corrected chi connectivity index (χ1v) is 7.53. The molecule has 0 saturated heterocycles. The van der Waals surface area contributed by atoms with Gasteiger partial charge in [0.2, 0.25) is 0 Å². The molecular weight excluding hydrogens is 341 g/mol. The molecule has 0 bridgehead atoms. The third-order valence-electron chi connectivity index (χ3n) is 3.34. The smallest absolute Gasteiger partial charge is 0.288 e. The fraction of sp³-hybridized carbons (Fsp3) is 0.125. The highest BCUT2D eigenvalue weighted by atomic mass is 19.1. The first-order valence-electron chi connectivity index (χ1n) is 7.53. The summed E-state index contributed by atoms with van der Waals surface area (Å²) in [7, 11) is 0. The van der Waals surface area contributed by atoms with Crippen molar-refractivity contribution < 1.29 is 9.18 Å². The van der Waals surface area contributed by atoms with Gasteiger partial charge in [0.1, 0.15) is 17.2 Å². The van der Waals surface area contributed by atoms with E-state index in [-0.39, 0.29) is 17.3 Å². The maximum atomic E-state index is 13.1. The molecule has 0 saturated carbocycles. The van der Waals surface area contributed by atoms with Gasteiger partial charge in [0, 0.05) is 0 Å². The Morgan fingerprint density at radius 1 is 1.31 bits per heavy atom. The summed E-state index contributed by atoms with van der Waals surface area (Å²) < 4.78 is 14.3. The van der Waals surface area contributed by atoms with Gasteiger partial charge in [0.15, 0.2) is 0 Å². The third kappa shape index (κ3) is 3.69. The van der Waals surface area contributed by atoms with Gasteiger partial charge in [-0.3, -0.25) is 14.6 Å². The van der Waals surface area contributed by atoms with E-state index in [2.05, 4.69) is 30.8 Å². The fourth-order valence-corrected chi connectivity index (χ4v) is 2.11.